The third-order valence-electron chi connectivity index (χ3n) is 8.04. The fraction of sp³-hybridized carbons (Fsp3) is 0.640. The van der Waals surface area contributed by atoms with Crippen molar-refractivity contribution in [3.63, 3.8) is 0 Å². The molecule has 0 aliphatic carbocycles. The lowest BCUT2D eigenvalue weighted by Gasteiger charge is -2.46. The van der Waals surface area contributed by atoms with E-state index in [1.165, 1.54) is 11.8 Å². The monoisotopic (exact) mass is 519 g/mol. The zero-order chi connectivity index (χ0) is 24.8. The smallest absolute Gasteiger partial charge is 0.152 e. The van der Waals surface area contributed by atoms with E-state index in [9.17, 15) is 10.2 Å². The summed E-state index contributed by atoms with van der Waals surface area (Å²) in [5.41, 5.74) is 0.145. The Bertz CT molecular complexity index is 1070. The molecule has 0 unspecified atom stereocenters. The molecule has 8 nitrogen and oxygen atoms in total. The zero-order valence-corrected chi connectivity index (χ0v) is 22.1. The molecule has 190 valence electrons. The molecular formula is C25H34ClN5O3S. The summed E-state index contributed by atoms with van der Waals surface area (Å²) in [5.74, 6) is 2.25. The SMILES string of the molecule is C[C@@H]1COCC12CCN(c1ncc(Sc3ccnc(N4CC(C(C)(C)O)C4)c3Cl)nc1CO)CC2. The maximum atomic E-state index is 10.2. The number of aliphatic hydroxyl groups is 2. The van der Waals surface area contributed by atoms with Gasteiger partial charge in [0.2, 0.25) is 0 Å². The molecule has 0 radical (unpaired) electrons. The lowest BCUT2D eigenvalue weighted by atomic mass is 9.72. The average Bonchev–Trinajstić information content (AvgIpc) is 3.14. The van der Waals surface area contributed by atoms with Crippen LogP contribution in [0, 0.1) is 17.3 Å². The number of aliphatic hydroxyl groups excluding tert-OH is 1. The van der Waals surface area contributed by atoms with Crippen LogP contribution in [0.4, 0.5) is 11.6 Å². The molecule has 5 rings (SSSR count). The van der Waals surface area contributed by atoms with Crippen LogP contribution < -0.4 is 9.80 Å². The van der Waals surface area contributed by atoms with Gasteiger partial charge >= 0.3 is 0 Å². The zero-order valence-electron chi connectivity index (χ0n) is 20.6. The molecule has 2 aromatic rings. The molecule has 1 atom stereocenters. The summed E-state index contributed by atoms with van der Waals surface area (Å²) in [6.07, 6.45) is 5.64. The number of aromatic nitrogens is 3. The molecule has 5 heterocycles. The maximum absolute atomic E-state index is 10.2. The van der Waals surface area contributed by atoms with Crippen molar-refractivity contribution in [1.82, 2.24) is 15.0 Å². The fourth-order valence-corrected chi connectivity index (χ4v) is 6.45. The van der Waals surface area contributed by atoms with Gasteiger partial charge in [-0.15, -0.1) is 0 Å². The number of pyridine rings is 1. The van der Waals surface area contributed by atoms with Gasteiger partial charge in [-0.1, -0.05) is 30.3 Å². The van der Waals surface area contributed by atoms with Crippen molar-refractivity contribution >= 4 is 35.0 Å². The molecule has 3 aliphatic rings. The third-order valence-corrected chi connectivity index (χ3v) is 9.49. The van der Waals surface area contributed by atoms with Crippen LogP contribution in [0.3, 0.4) is 0 Å². The topological polar surface area (TPSA) is 94.8 Å². The van der Waals surface area contributed by atoms with Gasteiger partial charge in [0.1, 0.15) is 16.5 Å². The molecule has 0 amide bonds. The molecule has 10 heteroatoms. The highest BCUT2D eigenvalue weighted by atomic mass is 35.5. The second-order valence-electron chi connectivity index (χ2n) is 10.7. The van der Waals surface area contributed by atoms with Crippen molar-refractivity contribution in [2.24, 2.45) is 17.3 Å². The van der Waals surface area contributed by atoms with E-state index in [0.717, 1.165) is 68.8 Å². The normalized spacial score (nSPS) is 22.6. The Labute approximate surface area is 216 Å². The average molecular weight is 520 g/mol. The van der Waals surface area contributed by atoms with Crippen LogP contribution in [-0.4, -0.2) is 70.2 Å². The van der Waals surface area contributed by atoms with E-state index in [1.54, 1.807) is 12.4 Å². The Balaban J connectivity index is 1.28. The van der Waals surface area contributed by atoms with Crippen molar-refractivity contribution in [2.45, 2.75) is 55.7 Å². The second kappa shape index (κ2) is 9.67. The van der Waals surface area contributed by atoms with Gasteiger partial charge in [0.25, 0.3) is 0 Å². The number of hydrogen-bond donors (Lipinski definition) is 2. The van der Waals surface area contributed by atoms with Crippen LogP contribution in [0.15, 0.2) is 28.4 Å². The van der Waals surface area contributed by atoms with E-state index in [-0.39, 0.29) is 17.9 Å². The highest BCUT2D eigenvalue weighted by Gasteiger charge is 2.44. The summed E-state index contributed by atoms with van der Waals surface area (Å²) in [4.78, 5) is 19.1. The lowest BCUT2D eigenvalue weighted by Crippen LogP contribution is -2.56. The first-order valence-corrected chi connectivity index (χ1v) is 13.5. The Hall–Kier alpha value is -1.65. The summed E-state index contributed by atoms with van der Waals surface area (Å²) in [5, 5.41) is 21.5. The third kappa shape index (κ3) is 4.85. The van der Waals surface area contributed by atoms with Crippen LogP contribution in [-0.2, 0) is 11.3 Å². The number of rotatable bonds is 6. The van der Waals surface area contributed by atoms with Crippen molar-refractivity contribution in [3.05, 3.63) is 29.2 Å². The fourth-order valence-electron chi connectivity index (χ4n) is 5.31. The highest BCUT2D eigenvalue weighted by molar-refractivity contribution is 7.99. The van der Waals surface area contributed by atoms with Gasteiger partial charge in [-0.2, -0.15) is 0 Å². The highest BCUT2D eigenvalue weighted by Crippen LogP contribution is 2.44. The molecule has 0 saturated carbocycles. The Morgan fingerprint density at radius 3 is 2.57 bits per heavy atom. The quantitative estimate of drug-likeness (QED) is 0.593. The predicted octanol–water partition coefficient (Wildman–Crippen LogP) is 3.63. The van der Waals surface area contributed by atoms with Crippen molar-refractivity contribution in [2.75, 3.05) is 49.2 Å². The number of halogens is 1. The molecule has 0 aromatic carbocycles. The first-order valence-electron chi connectivity index (χ1n) is 12.3. The van der Waals surface area contributed by atoms with Crippen molar-refractivity contribution < 1.29 is 14.9 Å². The summed E-state index contributed by atoms with van der Waals surface area (Å²) < 4.78 is 5.75. The van der Waals surface area contributed by atoms with E-state index in [2.05, 4.69) is 21.7 Å². The van der Waals surface area contributed by atoms with Gasteiger partial charge in [0, 0.05) is 55.2 Å². The summed E-state index contributed by atoms with van der Waals surface area (Å²) in [6, 6.07) is 1.87. The Morgan fingerprint density at radius 1 is 1.20 bits per heavy atom. The minimum Gasteiger partial charge on any atom is -0.390 e. The predicted molar refractivity (Wildman–Crippen MR) is 137 cm³/mol. The van der Waals surface area contributed by atoms with Gasteiger partial charge in [0.05, 0.1) is 30.0 Å². The van der Waals surface area contributed by atoms with Crippen molar-refractivity contribution in [1.29, 1.82) is 0 Å². The minimum absolute atomic E-state index is 0.167. The molecule has 3 fully saturated rings. The van der Waals surface area contributed by atoms with Crippen molar-refractivity contribution in [3.8, 4) is 0 Å². The molecule has 0 bridgehead atoms. The second-order valence-corrected chi connectivity index (χ2v) is 12.1. The van der Waals surface area contributed by atoms with E-state index in [1.807, 2.05) is 19.9 Å². The number of piperidine rings is 1. The van der Waals surface area contributed by atoms with Crippen LogP contribution in [0.5, 0.6) is 0 Å². The van der Waals surface area contributed by atoms with Gasteiger partial charge in [-0.25, -0.2) is 15.0 Å². The van der Waals surface area contributed by atoms with Gasteiger partial charge in [-0.05, 0) is 38.7 Å². The first-order chi connectivity index (χ1) is 16.7. The molecule has 1 spiro atoms. The van der Waals surface area contributed by atoms with Gasteiger partial charge in [-0.3, -0.25) is 0 Å². The molecular weight excluding hydrogens is 486 g/mol. The summed E-state index contributed by atoms with van der Waals surface area (Å²) in [7, 11) is 0. The maximum Gasteiger partial charge on any atom is 0.152 e. The standard InChI is InChI=1S/C25H34ClN5O3S/c1-16-14-34-15-25(16)5-8-30(9-6-25)22-18(13-32)29-20(10-28-22)35-19-4-7-27-23(21(19)26)31-11-17(12-31)24(2,3)33/h4,7,10,16-17,32-33H,5-6,8-9,11-15H2,1-3H3/t16-/m1/s1. The minimum atomic E-state index is -0.717. The van der Waals surface area contributed by atoms with Crippen LogP contribution >= 0.6 is 23.4 Å². The van der Waals surface area contributed by atoms with Crippen LogP contribution in [0.2, 0.25) is 5.02 Å². The number of ether oxygens (including phenoxy) is 1. The molecule has 2 aromatic heterocycles. The number of nitrogens with zero attached hydrogens (tertiary/aromatic N) is 5. The first kappa shape index (κ1) is 25.0. The Kier molecular flexibility index (Phi) is 6.91. The number of anilines is 2. The van der Waals surface area contributed by atoms with Crippen LogP contribution in [0.25, 0.3) is 0 Å². The molecule has 3 saturated heterocycles. The van der Waals surface area contributed by atoms with Crippen LogP contribution in [0.1, 0.15) is 39.3 Å². The molecule has 35 heavy (non-hydrogen) atoms. The van der Waals surface area contributed by atoms with E-state index >= 15 is 0 Å². The lowest BCUT2D eigenvalue weighted by molar-refractivity contribution is 0.00438. The summed E-state index contributed by atoms with van der Waals surface area (Å²) >= 11 is 8.14. The summed E-state index contributed by atoms with van der Waals surface area (Å²) in [6.45, 7) is 10.7. The van der Waals surface area contributed by atoms with E-state index in [4.69, 9.17) is 26.3 Å². The van der Waals surface area contributed by atoms with Gasteiger partial charge < -0.3 is 24.7 Å². The molecule has 3 aliphatic heterocycles. The molecule has 2 N–H and O–H groups in total. The largest absolute Gasteiger partial charge is 0.390 e. The number of hydrogen-bond acceptors (Lipinski definition) is 9. The Morgan fingerprint density at radius 2 is 1.94 bits per heavy atom. The van der Waals surface area contributed by atoms with E-state index < -0.39 is 5.60 Å². The van der Waals surface area contributed by atoms with E-state index in [0.29, 0.717) is 21.7 Å². The van der Waals surface area contributed by atoms with Gasteiger partial charge in [0.15, 0.2) is 5.82 Å².